The van der Waals surface area contributed by atoms with Crippen LogP contribution in [0.15, 0.2) is 30.9 Å². The van der Waals surface area contributed by atoms with Crippen LogP contribution in [0.3, 0.4) is 0 Å². The fraction of sp³-hybridized carbons (Fsp3) is 0.400. The van der Waals surface area contributed by atoms with Crippen LogP contribution in [0.5, 0.6) is 5.75 Å². The summed E-state index contributed by atoms with van der Waals surface area (Å²) in [5, 5.41) is 0. The first kappa shape index (κ1) is 14.3. The summed E-state index contributed by atoms with van der Waals surface area (Å²) in [6.45, 7) is 9.21. The Balaban J connectivity index is 3.12. The first-order chi connectivity index (χ1) is 8.39. The van der Waals surface area contributed by atoms with Gasteiger partial charge in [-0.1, -0.05) is 18.2 Å². The molecule has 0 unspecified atom stereocenters. The molecule has 0 radical (unpaired) electrons. The summed E-state index contributed by atoms with van der Waals surface area (Å²) < 4.78 is 10.7. The van der Waals surface area contributed by atoms with Crippen LogP contribution in [0.1, 0.15) is 36.7 Å². The third kappa shape index (κ3) is 3.62. The van der Waals surface area contributed by atoms with Crippen molar-refractivity contribution in [3.05, 3.63) is 42.0 Å². The third-order valence-electron chi connectivity index (χ3n) is 2.28. The molecule has 0 fully saturated rings. The SMILES string of the molecule is C=CCc1cccc(C(=O)OC(C)(C)C)c1OC. The Labute approximate surface area is 108 Å². The monoisotopic (exact) mass is 248 g/mol. The van der Waals surface area contributed by atoms with Crippen LogP contribution in [-0.2, 0) is 11.2 Å². The molecular formula is C15H20O3. The number of ether oxygens (including phenoxy) is 2. The van der Waals surface area contributed by atoms with Gasteiger partial charge in [0, 0.05) is 0 Å². The lowest BCUT2D eigenvalue weighted by molar-refractivity contribution is 0.00664. The van der Waals surface area contributed by atoms with E-state index >= 15 is 0 Å². The molecule has 0 aliphatic rings. The van der Waals surface area contributed by atoms with Gasteiger partial charge in [-0.25, -0.2) is 4.79 Å². The van der Waals surface area contributed by atoms with Gasteiger partial charge in [-0.15, -0.1) is 6.58 Å². The van der Waals surface area contributed by atoms with Crippen molar-refractivity contribution in [2.75, 3.05) is 7.11 Å². The lowest BCUT2D eigenvalue weighted by Crippen LogP contribution is -2.24. The quantitative estimate of drug-likeness (QED) is 0.605. The summed E-state index contributed by atoms with van der Waals surface area (Å²) in [6.07, 6.45) is 2.43. The first-order valence-corrected chi connectivity index (χ1v) is 5.89. The summed E-state index contributed by atoms with van der Waals surface area (Å²) in [5.41, 5.74) is 0.860. The van der Waals surface area contributed by atoms with Crippen LogP contribution in [0, 0.1) is 0 Å². The van der Waals surface area contributed by atoms with Crippen molar-refractivity contribution in [1.82, 2.24) is 0 Å². The van der Waals surface area contributed by atoms with Crippen LogP contribution in [0.2, 0.25) is 0 Å². The van der Waals surface area contributed by atoms with Gasteiger partial charge >= 0.3 is 5.97 Å². The minimum absolute atomic E-state index is 0.370. The fourth-order valence-corrected chi connectivity index (χ4v) is 1.64. The highest BCUT2D eigenvalue weighted by Crippen LogP contribution is 2.26. The smallest absolute Gasteiger partial charge is 0.342 e. The van der Waals surface area contributed by atoms with E-state index < -0.39 is 5.60 Å². The zero-order valence-electron chi connectivity index (χ0n) is 11.4. The number of para-hydroxylation sites is 1. The Morgan fingerprint density at radius 1 is 1.39 bits per heavy atom. The van der Waals surface area contributed by atoms with E-state index in [1.807, 2.05) is 32.9 Å². The normalized spacial score (nSPS) is 10.9. The van der Waals surface area contributed by atoms with Gasteiger partial charge in [0.05, 0.1) is 7.11 Å². The van der Waals surface area contributed by atoms with E-state index in [2.05, 4.69) is 6.58 Å². The zero-order chi connectivity index (χ0) is 13.8. The summed E-state index contributed by atoms with van der Waals surface area (Å²) in [7, 11) is 1.55. The molecule has 0 heterocycles. The van der Waals surface area contributed by atoms with E-state index in [1.54, 1.807) is 19.3 Å². The number of methoxy groups -OCH3 is 1. The molecule has 0 spiro atoms. The van der Waals surface area contributed by atoms with E-state index in [0.29, 0.717) is 17.7 Å². The number of allylic oxidation sites excluding steroid dienone is 1. The highest BCUT2D eigenvalue weighted by Gasteiger charge is 2.21. The van der Waals surface area contributed by atoms with E-state index in [4.69, 9.17) is 9.47 Å². The summed E-state index contributed by atoms with van der Waals surface area (Å²) >= 11 is 0. The minimum Gasteiger partial charge on any atom is -0.496 e. The highest BCUT2D eigenvalue weighted by molar-refractivity contribution is 5.93. The molecule has 0 aliphatic carbocycles. The van der Waals surface area contributed by atoms with E-state index in [9.17, 15) is 4.79 Å². The van der Waals surface area contributed by atoms with Crippen molar-refractivity contribution in [2.45, 2.75) is 32.8 Å². The molecule has 18 heavy (non-hydrogen) atoms. The number of rotatable bonds is 4. The molecule has 3 heteroatoms. The Morgan fingerprint density at radius 3 is 2.56 bits per heavy atom. The lowest BCUT2D eigenvalue weighted by Gasteiger charge is -2.21. The molecule has 1 aromatic rings. The van der Waals surface area contributed by atoms with Crippen molar-refractivity contribution in [3.8, 4) is 5.75 Å². The van der Waals surface area contributed by atoms with Gasteiger partial charge in [-0.05, 0) is 38.8 Å². The second-order valence-electron chi connectivity index (χ2n) is 4.99. The highest BCUT2D eigenvalue weighted by atomic mass is 16.6. The molecule has 1 aromatic carbocycles. The molecule has 1 rings (SSSR count). The molecule has 0 bridgehead atoms. The van der Waals surface area contributed by atoms with Crippen molar-refractivity contribution in [2.24, 2.45) is 0 Å². The maximum atomic E-state index is 12.1. The summed E-state index contributed by atoms with van der Waals surface area (Å²) in [4.78, 5) is 12.1. The van der Waals surface area contributed by atoms with Gasteiger partial charge in [0.1, 0.15) is 16.9 Å². The molecule has 0 amide bonds. The number of carbonyl (C=O) groups excluding carboxylic acids is 1. The second kappa shape index (κ2) is 5.71. The van der Waals surface area contributed by atoms with Crippen molar-refractivity contribution in [1.29, 1.82) is 0 Å². The van der Waals surface area contributed by atoms with Crippen LogP contribution in [-0.4, -0.2) is 18.7 Å². The number of benzene rings is 1. The molecule has 3 nitrogen and oxygen atoms in total. The predicted molar refractivity (Wildman–Crippen MR) is 72.1 cm³/mol. The Kier molecular flexibility index (Phi) is 4.54. The molecule has 98 valence electrons. The summed E-state index contributed by atoms with van der Waals surface area (Å²) in [6, 6.07) is 5.44. The van der Waals surface area contributed by atoms with Gasteiger partial charge in [0.25, 0.3) is 0 Å². The van der Waals surface area contributed by atoms with Crippen LogP contribution in [0.4, 0.5) is 0 Å². The molecule has 0 aliphatic heterocycles. The van der Waals surface area contributed by atoms with Gasteiger partial charge in [0.2, 0.25) is 0 Å². The van der Waals surface area contributed by atoms with E-state index in [-0.39, 0.29) is 5.97 Å². The maximum absolute atomic E-state index is 12.1. The standard InChI is InChI=1S/C15H20O3/c1-6-8-11-9-7-10-12(13(11)17-5)14(16)18-15(2,3)4/h6-7,9-10H,1,8H2,2-5H3. The number of esters is 1. The molecule has 0 atom stereocenters. The van der Waals surface area contributed by atoms with Gasteiger partial charge in [0.15, 0.2) is 0 Å². The maximum Gasteiger partial charge on any atom is 0.342 e. The van der Waals surface area contributed by atoms with Gasteiger partial charge in [-0.2, -0.15) is 0 Å². The Hall–Kier alpha value is -1.77. The lowest BCUT2D eigenvalue weighted by atomic mass is 10.1. The Bertz CT molecular complexity index is 442. The molecular weight excluding hydrogens is 228 g/mol. The Morgan fingerprint density at radius 2 is 2.06 bits per heavy atom. The van der Waals surface area contributed by atoms with E-state index in [0.717, 1.165) is 5.56 Å². The molecule has 0 aromatic heterocycles. The molecule has 0 N–H and O–H groups in total. The zero-order valence-corrected chi connectivity index (χ0v) is 11.4. The number of hydrogen-bond acceptors (Lipinski definition) is 3. The van der Waals surface area contributed by atoms with Crippen LogP contribution < -0.4 is 4.74 Å². The fourth-order valence-electron chi connectivity index (χ4n) is 1.64. The average Bonchev–Trinajstić information content (AvgIpc) is 2.27. The summed E-state index contributed by atoms with van der Waals surface area (Å²) in [5.74, 6) is 0.192. The second-order valence-corrected chi connectivity index (χ2v) is 4.99. The minimum atomic E-state index is -0.517. The van der Waals surface area contributed by atoms with Crippen molar-refractivity contribution in [3.63, 3.8) is 0 Å². The van der Waals surface area contributed by atoms with Gasteiger partial charge in [-0.3, -0.25) is 0 Å². The predicted octanol–water partition coefficient (Wildman–Crippen LogP) is 3.38. The van der Waals surface area contributed by atoms with Crippen molar-refractivity contribution >= 4 is 5.97 Å². The average molecular weight is 248 g/mol. The number of hydrogen-bond donors (Lipinski definition) is 0. The topological polar surface area (TPSA) is 35.5 Å². The molecule has 0 saturated heterocycles. The number of carbonyl (C=O) groups is 1. The largest absolute Gasteiger partial charge is 0.496 e. The van der Waals surface area contributed by atoms with Crippen molar-refractivity contribution < 1.29 is 14.3 Å². The van der Waals surface area contributed by atoms with E-state index in [1.165, 1.54) is 0 Å². The van der Waals surface area contributed by atoms with Crippen LogP contribution >= 0.6 is 0 Å². The molecule has 0 saturated carbocycles. The third-order valence-corrected chi connectivity index (χ3v) is 2.28. The van der Waals surface area contributed by atoms with Gasteiger partial charge < -0.3 is 9.47 Å². The first-order valence-electron chi connectivity index (χ1n) is 5.89. The van der Waals surface area contributed by atoms with Crippen LogP contribution in [0.25, 0.3) is 0 Å².